The summed E-state index contributed by atoms with van der Waals surface area (Å²) in [6, 6.07) is 0. The predicted octanol–water partition coefficient (Wildman–Crippen LogP) is 1.86. The van der Waals surface area contributed by atoms with Gasteiger partial charge < -0.3 is 5.73 Å². The first-order valence-electron chi connectivity index (χ1n) is 3.81. The van der Waals surface area contributed by atoms with Gasteiger partial charge in [-0.1, -0.05) is 30.2 Å². The molecule has 0 heterocycles. The molecule has 0 saturated heterocycles. The Kier molecular flexibility index (Phi) is 2.28. The average molecular weight is 137 g/mol. The van der Waals surface area contributed by atoms with Gasteiger partial charge in [0.1, 0.15) is 0 Å². The molecule has 0 saturated carbocycles. The first-order chi connectivity index (χ1) is 4.74. The molecule has 0 bridgehead atoms. The number of allylic oxidation sites excluding steroid dienone is 3. The summed E-state index contributed by atoms with van der Waals surface area (Å²) >= 11 is 0. The minimum Gasteiger partial charge on any atom is -0.327 e. The second-order valence-corrected chi connectivity index (χ2v) is 3.01. The van der Waals surface area contributed by atoms with Crippen LogP contribution in [0.1, 0.15) is 20.3 Å². The summed E-state index contributed by atoms with van der Waals surface area (Å²) in [5, 5.41) is 0. The molecule has 0 aromatic carbocycles. The van der Waals surface area contributed by atoms with E-state index < -0.39 is 0 Å². The Morgan fingerprint density at radius 3 is 2.90 bits per heavy atom. The number of rotatable bonds is 1. The Hall–Kier alpha value is -0.560. The largest absolute Gasteiger partial charge is 0.327 e. The normalized spacial score (nSPS) is 25.7. The maximum atomic E-state index is 5.56. The fourth-order valence-corrected chi connectivity index (χ4v) is 1.27. The van der Waals surface area contributed by atoms with Gasteiger partial charge in [-0.3, -0.25) is 0 Å². The van der Waals surface area contributed by atoms with E-state index in [1.165, 1.54) is 11.1 Å². The Morgan fingerprint density at radius 2 is 2.40 bits per heavy atom. The predicted molar refractivity (Wildman–Crippen MR) is 44.7 cm³/mol. The summed E-state index contributed by atoms with van der Waals surface area (Å²) in [5.41, 5.74) is 8.31. The summed E-state index contributed by atoms with van der Waals surface area (Å²) < 4.78 is 0. The van der Waals surface area contributed by atoms with Crippen LogP contribution in [0.3, 0.4) is 0 Å². The van der Waals surface area contributed by atoms with Gasteiger partial charge >= 0.3 is 0 Å². The summed E-state index contributed by atoms with van der Waals surface area (Å²) in [6.45, 7) is 5.07. The Labute approximate surface area is 62.6 Å². The number of hydrogen-bond donors (Lipinski definition) is 1. The van der Waals surface area contributed by atoms with E-state index in [-0.39, 0.29) is 0 Å². The van der Waals surface area contributed by atoms with E-state index >= 15 is 0 Å². The van der Waals surface area contributed by atoms with Crippen LogP contribution in [-0.2, 0) is 0 Å². The Bertz CT molecular complexity index is 177. The lowest BCUT2D eigenvalue weighted by molar-refractivity contribution is 0.665. The van der Waals surface area contributed by atoms with Crippen LogP contribution in [0.25, 0.3) is 0 Å². The van der Waals surface area contributed by atoms with Gasteiger partial charge in [0.15, 0.2) is 0 Å². The summed E-state index contributed by atoms with van der Waals surface area (Å²) in [4.78, 5) is 0. The van der Waals surface area contributed by atoms with Crippen molar-refractivity contribution in [1.82, 2.24) is 0 Å². The second kappa shape index (κ2) is 3.02. The van der Waals surface area contributed by atoms with Crippen molar-refractivity contribution in [1.29, 1.82) is 0 Å². The van der Waals surface area contributed by atoms with E-state index in [9.17, 15) is 0 Å². The molecule has 1 unspecified atom stereocenters. The lowest BCUT2D eigenvalue weighted by Gasteiger charge is -2.17. The summed E-state index contributed by atoms with van der Waals surface area (Å²) in [5.74, 6) is 0.661. The van der Waals surface area contributed by atoms with Gasteiger partial charge in [-0.15, -0.1) is 0 Å². The highest BCUT2D eigenvalue weighted by molar-refractivity contribution is 5.28. The molecule has 1 heteroatoms. The molecule has 0 spiro atoms. The van der Waals surface area contributed by atoms with Crippen LogP contribution in [-0.4, -0.2) is 6.54 Å². The average Bonchev–Trinajstić information content (AvgIpc) is 1.94. The fourth-order valence-electron chi connectivity index (χ4n) is 1.27. The van der Waals surface area contributed by atoms with Gasteiger partial charge in [0.25, 0.3) is 0 Å². The molecule has 2 N–H and O–H groups in total. The SMILES string of the molecule is CC1=CCC(C)C(CN)=C1. The quantitative estimate of drug-likeness (QED) is 0.586. The minimum absolute atomic E-state index is 0.661. The van der Waals surface area contributed by atoms with Crippen LogP contribution in [0.15, 0.2) is 23.3 Å². The molecule has 0 aliphatic heterocycles. The van der Waals surface area contributed by atoms with Crippen LogP contribution in [0, 0.1) is 5.92 Å². The maximum absolute atomic E-state index is 5.56. The van der Waals surface area contributed by atoms with Gasteiger partial charge in [-0.05, 0) is 19.3 Å². The van der Waals surface area contributed by atoms with Crippen molar-refractivity contribution in [2.45, 2.75) is 20.3 Å². The fraction of sp³-hybridized carbons (Fsp3) is 0.556. The zero-order chi connectivity index (χ0) is 7.56. The highest BCUT2D eigenvalue weighted by atomic mass is 14.5. The van der Waals surface area contributed by atoms with E-state index in [4.69, 9.17) is 5.73 Å². The van der Waals surface area contributed by atoms with Crippen LogP contribution in [0.4, 0.5) is 0 Å². The van der Waals surface area contributed by atoms with Crippen molar-refractivity contribution in [3.63, 3.8) is 0 Å². The molecule has 1 nitrogen and oxygen atoms in total. The van der Waals surface area contributed by atoms with Crippen molar-refractivity contribution >= 4 is 0 Å². The van der Waals surface area contributed by atoms with Crippen molar-refractivity contribution in [3.05, 3.63) is 23.3 Å². The molecule has 1 aliphatic carbocycles. The lowest BCUT2D eigenvalue weighted by atomic mass is 9.90. The zero-order valence-electron chi connectivity index (χ0n) is 6.72. The third kappa shape index (κ3) is 1.48. The molecular weight excluding hydrogens is 122 g/mol. The maximum Gasteiger partial charge on any atom is 0.0142 e. The van der Waals surface area contributed by atoms with E-state index in [1.54, 1.807) is 0 Å². The smallest absolute Gasteiger partial charge is 0.0142 e. The second-order valence-electron chi connectivity index (χ2n) is 3.01. The molecule has 10 heavy (non-hydrogen) atoms. The molecule has 0 radical (unpaired) electrons. The molecule has 56 valence electrons. The van der Waals surface area contributed by atoms with Crippen LogP contribution in [0.5, 0.6) is 0 Å². The molecule has 0 aromatic rings. The molecular formula is C9H15N. The monoisotopic (exact) mass is 137 g/mol. The molecule has 0 aromatic heterocycles. The first kappa shape index (κ1) is 7.55. The first-order valence-corrected chi connectivity index (χ1v) is 3.81. The van der Waals surface area contributed by atoms with E-state index in [0.29, 0.717) is 12.5 Å². The third-order valence-corrected chi connectivity index (χ3v) is 2.08. The zero-order valence-corrected chi connectivity index (χ0v) is 6.72. The van der Waals surface area contributed by atoms with E-state index in [0.717, 1.165) is 6.42 Å². The number of nitrogens with two attached hydrogens (primary N) is 1. The van der Waals surface area contributed by atoms with E-state index in [1.807, 2.05) is 0 Å². The lowest BCUT2D eigenvalue weighted by Crippen LogP contribution is -2.12. The van der Waals surface area contributed by atoms with Crippen LogP contribution in [0.2, 0.25) is 0 Å². The van der Waals surface area contributed by atoms with Crippen molar-refractivity contribution in [3.8, 4) is 0 Å². The molecule has 1 atom stereocenters. The highest BCUT2D eigenvalue weighted by Gasteiger charge is 2.09. The Balaban J connectivity index is 2.73. The van der Waals surface area contributed by atoms with Gasteiger partial charge in [-0.25, -0.2) is 0 Å². The van der Waals surface area contributed by atoms with E-state index in [2.05, 4.69) is 26.0 Å². The van der Waals surface area contributed by atoms with Crippen molar-refractivity contribution in [2.75, 3.05) is 6.54 Å². The van der Waals surface area contributed by atoms with Gasteiger partial charge in [-0.2, -0.15) is 0 Å². The summed E-state index contributed by atoms with van der Waals surface area (Å²) in [7, 11) is 0. The molecule has 1 rings (SSSR count). The van der Waals surface area contributed by atoms with Crippen molar-refractivity contribution < 1.29 is 0 Å². The van der Waals surface area contributed by atoms with Gasteiger partial charge in [0.05, 0.1) is 0 Å². The van der Waals surface area contributed by atoms with Crippen molar-refractivity contribution in [2.24, 2.45) is 11.7 Å². The number of hydrogen-bond acceptors (Lipinski definition) is 1. The topological polar surface area (TPSA) is 26.0 Å². The standard InChI is InChI=1S/C9H15N/c1-7-3-4-8(2)9(5-7)6-10/h3,5,8H,4,6,10H2,1-2H3. The van der Waals surface area contributed by atoms with Crippen LogP contribution >= 0.6 is 0 Å². The molecule has 0 fully saturated rings. The Morgan fingerprint density at radius 1 is 1.70 bits per heavy atom. The molecule has 0 amide bonds. The summed E-state index contributed by atoms with van der Waals surface area (Å²) in [6.07, 6.45) is 5.63. The highest BCUT2D eigenvalue weighted by Crippen LogP contribution is 2.21. The van der Waals surface area contributed by atoms with Gasteiger partial charge in [0, 0.05) is 6.54 Å². The third-order valence-electron chi connectivity index (χ3n) is 2.08. The van der Waals surface area contributed by atoms with Gasteiger partial charge in [0.2, 0.25) is 0 Å². The molecule has 1 aliphatic rings. The van der Waals surface area contributed by atoms with Crippen LogP contribution < -0.4 is 5.73 Å². The minimum atomic E-state index is 0.661.